The molecule has 124 valence electrons. The van der Waals surface area contributed by atoms with Gasteiger partial charge in [0.1, 0.15) is 0 Å². The Bertz CT molecular complexity index is 440. The molecule has 4 aliphatic rings. The van der Waals surface area contributed by atoms with Crippen LogP contribution >= 0.6 is 0 Å². The number of hydrogen-bond donors (Lipinski definition) is 3. The van der Waals surface area contributed by atoms with Crippen molar-refractivity contribution < 1.29 is 14.6 Å². The standard InChI is InChI=1S/C16H27N3O3/c20-14(21)8-15(10-17-11-15)19-5-3-16(4-6-19)7-13(9-22-16)18-12-1-2-12/h12-13,17-18H,1-11H2,(H,20,21). The van der Waals surface area contributed by atoms with Gasteiger partial charge in [0, 0.05) is 38.3 Å². The Labute approximate surface area is 131 Å². The summed E-state index contributed by atoms with van der Waals surface area (Å²) in [6, 6.07) is 1.26. The molecule has 1 unspecified atom stereocenters. The number of carbonyl (C=O) groups is 1. The van der Waals surface area contributed by atoms with Crippen LogP contribution in [0.5, 0.6) is 0 Å². The van der Waals surface area contributed by atoms with E-state index < -0.39 is 5.97 Å². The van der Waals surface area contributed by atoms with Crippen LogP contribution in [-0.4, -0.2) is 72.0 Å². The number of nitrogens with zero attached hydrogens (tertiary/aromatic N) is 1. The van der Waals surface area contributed by atoms with Gasteiger partial charge < -0.3 is 20.5 Å². The molecular weight excluding hydrogens is 282 g/mol. The predicted octanol–water partition coefficient (Wildman–Crippen LogP) is 0.179. The Hall–Kier alpha value is -0.690. The summed E-state index contributed by atoms with van der Waals surface area (Å²) in [5.74, 6) is -0.687. The molecule has 4 rings (SSSR count). The molecule has 0 aromatic heterocycles. The number of piperidine rings is 1. The van der Waals surface area contributed by atoms with E-state index in [1.54, 1.807) is 0 Å². The van der Waals surface area contributed by atoms with Crippen molar-refractivity contribution in [3.63, 3.8) is 0 Å². The predicted molar refractivity (Wildman–Crippen MR) is 81.9 cm³/mol. The second-order valence-electron chi connectivity index (χ2n) is 7.72. The van der Waals surface area contributed by atoms with E-state index in [2.05, 4.69) is 15.5 Å². The highest BCUT2D eigenvalue weighted by atomic mass is 16.5. The van der Waals surface area contributed by atoms with Crippen molar-refractivity contribution in [2.45, 2.75) is 61.7 Å². The van der Waals surface area contributed by atoms with Gasteiger partial charge in [0.2, 0.25) is 0 Å². The Morgan fingerprint density at radius 2 is 2.00 bits per heavy atom. The Kier molecular flexibility index (Phi) is 3.68. The third-order valence-corrected chi connectivity index (χ3v) is 5.99. The minimum Gasteiger partial charge on any atom is -0.481 e. The molecule has 3 N–H and O–H groups in total. The van der Waals surface area contributed by atoms with Gasteiger partial charge in [0.05, 0.1) is 24.2 Å². The summed E-state index contributed by atoms with van der Waals surface area (Å²) < 4.78 is 6.20. The largest absolute Gasteiger partial charge is 0.481 e. The van der Waals surface area contributed by atoms with Crippen molar-refractivity contribution in [3.05, 3.63) is 0 Å². The molecule has 0 bridgehead atoms. The van der Waals surface area contributed by atoms with Crippen LogP contribution in [0.25, 0.3) is 0 Å². The Balaban J connectivity index is 1.33. The molecule has 1 aliphatic carbocycles. The monoisotopic (exact) mass is 309 g/mol. The second kappa shape index (κ2) is 5.44. The van der Waals surface area contributed by atoms with Gasteiger partial charge in [-0.2, -0.15) is 0 Å². The maximum absolute atomic E-state index is 11.2. The first-order valence-corrected chi connectivity index (χ1v) is 8.67. The van der Waals surface area contributed by atoms with Crippen LogP contribution in [0.4, 0.5) is 0 Å². The number of rotatable bonds is 5. The smallest absolute Gasteiger partial charge is 0.305 e. The van der Waals surface area contributed by atoms with Crippen molar-refractivity contribution in [1.82, 2.24) is 15.5 Å². The van der Waals surface area contributed by atoms with Crippen LogP contribution in [-0.2, 0) is 9.53 Å². The summed E-state index contributed by atoms with van der Waals surface area (Å²) in [4.78, 5) is 13.6. The van der Waals surface area contributed by atoms with Gasteiger partial charge in [-0.05, 0) is 32.1 Å². The summed E-state index contributed by atoms with van der Waals surface area (Å²) in [6.45, 7) is 4.38. The van der Waals surface area contributed by atoms with Gasteiger partial charge >= 0.3 is 5.97 Å². The summed E-state index contributed by atoms with van der Waals surface area (Å²) >= 11 is 0. The van der Waals surface area contributed by atoms with E-state index in [0.29, 0.717) is 6.04 Å². The summed E-state index contributed by atoms with van der Waals surface area (Å²) in [5, 5.41) is 16.1. The average Bonchev–Trinajstić information content (AvgIpc) is 3.17. The molecule has 1 spiro atoms. The fourth-order valence-corrected chi connectivity index (χ4v) is 4.43. The molecule has 1 saturated carbocycles. The molecule has 3 aliphatic heterocycles. The van der Waals surface area contributed by atoms with Crippen molar-refractivity contribution in [3.8, 4) is 0 Å². The zero-order valence-corrected chi connectivity index (χ0v) is 13.1. The molecule has 3 heterocycles. The van der Waals surface area contributed by atoms with Crippen LogP contribution in [0.2, 0.25) is 0 Å². The van der Waals surface area contributed by atoms with Crippen molar-refractivity contribution in [2.75, 3.05) is 32.8 Å². The van der Waals surface area contributed by atoms with E-state index in [9.17, 15) is 9.90 Å². The van der Waals surface area contributed by atoms with Gasteiger partial charge in [-0.3, -0.25) is 9.69 Å². The third kappa shape index (κ3) is 2.77. The second-order valence-corrected chi connectivity index (χ2v) is 7.72. The SMILES string of the molecule is O=C(O)CC1(N2CCC3(CC2)CC(NC2CC2)CO3)CNC1. The van der Waals surface area contributed by atoms with Crippen LogP contribution in [0.1, 0.15) is 38.5 Å². The lowest BCUT2D eigenvalue weighted by Crippen LogP contribution is -2.71. The van der Waals surface area contributed by atoms with E-state index in [0.717, 1.165) is 58.1 Å². The van der Waals surface area contributed by atoms with Crippen molar-refractivity contribution in [2.24, 2.45) is 0 Å². The van der Waals surface area contributed by atoms with Gasteiger partial charge in [-0.25, -0.2) is 0 Å². The maximum Gasteiger partial charge on any atom is 0.305 e. The van der Waals surface area contributed by atoms with E-state index in [1.165, 1.54) is 12.8 Å². The van der Waals surface area contributed by atoms with Crippen LogP contribution in [0.3, 0.4) is 0 Å². The lowest BCUT2D eigenvalue weighted by atomic mass is 9.81. The van der Waals surface area contributed by atoms with Gasteiger partial charge in [-0.15, -0.1) is 0 Å². The van der Waals surface area contributed by atoms with Crippen LogP contribution in [0.15, 0.2) is 0 Å². The molecule has 1 atom stereocenters. The molecule has 0 radical (unpaired) electrons. The van der Waals surface area contributed by atoms with Crippen LogP contribution < -0.4 is 10.6 Å². The van der Waals surface area contributed by atoms with E-state index in [-0.39, 0.29) is 17.6 Å². The zero-order chi connectivity index (χ0) is 15.2. The molecule has 0 aromatic carbocycles. The first-order valence-electron chi connectivity index (χ1n) is 8.67. The molecule has 4 fully saturated rings. The van der Waals surface area contributed by atoms with Gasteiger partial charge in [-0.1, -0.05) is 0 Å². The molecule has 6 nitrogen and oxygen atoms in total. The number of carboxylic acids is 1. The molecular formula is C16H27N3O3. The van der Waals surface area contributed by atoms with E-state index in [1.807, 2.05) is 0 Å². The molecule has 0 aromatic rings. The average molecular weight is 309 g/mol. The van der Waals surface area contributed by atoms with Crippen molar-refractivity contribution >= 4 is 5.97 Å². The van der Waals surface area contributed by atoms with Crippen molar-refractivity contribution in [1.29, 1.82) is 0 Å². The normalized spacial score (nSPS) is 33.7. The quantitative estimate of drug-likeness (QED) is 0.673. The first-order chi connectivity index (χ1) is 10.6. The minimum atomic E-state index is -0.687. The number of ether oxygens (including phenoxy) is 1. The highest BCUT2D eigenvalue weighted by molar-refractivity contribution is 5.68. The summed E-state index contributed by atoms with van der Waals surface area (Å²) in [5.41, 5.74) is -0.109. The highest BCUT2D eigenvalue weighted by Gasteiger charge is 2.50. The van der Waals surface area contributed by atoms with Crippen LogP contribution in [0, 0.1) is 0 Å². The summed E-state index contributed by atoms with van der Waals surface area (Å²) in [6.07, 6.45) is 6.10. The lowest BCUT2D eigenvalue weighted by molar-refractivity contribution is -0.143. The Morgan fingerprint density at radius 1 is 1.27 bits per heavy atom. The topological polar surface area (TPSA) is 73.8 Å². The maximum atomic E-state index is 11.2. The van der Waals surface area contributed by atoms with Gasteiger partial charge in [0.25, 0.3) is 0 Å². The van der Waals surface area contributed by atoms with Gasteiger partial charge in [0.15, 0.2) is 0 Å². The number of nitrogens with one attached hydrogen (secondary N) is 2. The number of likely N-dealkylation sites (tertiary alicyclic amines) is 1. The first kappa shape index (κ1) is 14.9. The lowest BCUT2D eigenvalue weighted by Gasteiger charge is -2.53. The number of hydrogen-bond acceptors (Lipinski definition) is 5. The summed E-state index contributed by atoms with van der Waals surface area (Å²) in [7, 11) is 0. The molecule has 0 amide bonds. The number of aliphatic carboxylic acids is 1. The Morgan fingerprint density at radius 3 is 2.55 bits per heavy atom. The van der Waals surface area contributed by atoms with E-state index >= 15 is 0 Å². The fraction of sp³-hybridized carbons (Fsp3) is 0.938. The third-order valence-electron chi connectivity index (χ3n) is 5.99. The highest BCUT2D eigenvalue weighted by Crippen LogP contribution is 2.39. The molecule has 22 heavy (non-hydrogen) atoms. The fourth-order valence-electron chi connectivity index (χ4n) is 4.43. The molecule has 6 heteroatoms. The molecule has 3 saturated heterocycles. The zero-order valence-electron chi connectivity index (χ0n) is 13.1. The van der Waals surface area contributed by atoms with E-state index in [4.69, 9.17) is 4.74 Å². The minimum absolute atomic E-state index is 0.0463. The number of carboxylic acid groups (broad SMARTS) is 1.